The van der Waals surface area contributed by atoms with E-state index in [1.54, 1.807) is 54.9 Å². The summed E-state index contributed by atoms with van der Waals surface area (Å²) in [5.74, 6) is 0.129. The fourth-order valence-electron chi connectivity index (χ4n) is 8.76. The van der Waals surface area contributed by atoms with Crippen LogP contribution in [-0.2, 0) is 19.4 Å². The quantitative estimate of drug-likeness (QED) is 0.0680. The number of hydrogen-bond acceptors (Lipinski definition) is 12. The molecular formula is C50H57ClF2N10O2. The zero-order chi connectivity index (χ0) is 45.6. The van der Waals surface area contributed by atoms with Gasteiger partial charge in [-0.05, 0) is 123 Å². The van der Waals surface area contributed by atoms with Crippen molar-refractivity contribution in [1.29, 1.82) is 0 Å². The van der Waals surface area contributed by atoms with Crippen molar-refractivity contribution in [3.8, 4) is 34.0 Å². The number of hydrogen-bond donors (Lipinski definition) is 5. The molecule has 2 aromatic heterocycles. The molecule has 0 spiro atoms. The molecule has 0 amide bonds. The van der Waals surface area contributed by atoms with Crippen LogP contribution in [0, 0.1) is 11.6 Å². The summed E-state index contributed by atoms with van der Waals surface area (Å²) < 4.78 is 32.1. The lowest BCUT2D eigenvalue weighted by atomic mass is 10.0. The van der Waals surface area contributed by atoms with Gasteiger partial charge in [0.05, 0.1) is 16.4 Å². The molecule has 0 aliphatic carbocycles. The monoisotopic (exact) mass is 902 g/mol. The highest BCUT2D eigenvalue weighted by molar-refractivity contribution is 6.32. The molecule has 15 heteroatoms. The van der Waals surface area contributed by atoms with Gasteiger partial charge in [0.1, 0.15) is 29.3 Å². The van der Waals surface area contributed by atoms with Crippen LogP contribution >= 0.6 is 11.6 Å². The number of piperazine rings is 2. The second kappa shape index (κ2) is 20.6. The lowest BCUT2D eigenvalue weighted by Crippen LogP contribution is -2.58. The highest BCUT2D eigenvalue weighted by Crippen LogP contribution is 2.36. The van der Waals surface area contributed by atoms with E-state index in [1.165, 1.54) is 12.1 Å². The van der Waals surface area contributed by atoms with Crippen LogP contribution in [0.5, 0.6) is 11.5 Å². The lowest BCUT2D eigenvalue weighted by molar-refractivity contribution is 0.0909. The van der Waals surface area contributed by atoms with Crippen molar-refractivity contribution in [2.75, 3.05) is 49.5 Å². The number of aromatic hydroxyl groups is 2. The van der Waals surface area contributed by atoms with Crippen LogP contribution < -0.4 is 20.9 Å². The standard InChI is InChI=1S/C50H57ClF2N10O2/c1-31-28-61(33(3)26-57-31)30-37-7-12-43(52)40(23-37)46-17-21-56-50(60-46)62(22-18-35-5-10-39(64)11-6-35)48(63-29-32(2)58-27-34(63)4)38-9-13-44(53)41(25-38)45-16-20-55-49(59-45)54-19-15-36-8-14-47(65)42(51)24-36/h5-14,16-17,20-21,23-25,31-34,48,57-58,64-65H,15,18-19,22,26-30H2,1-4H3,(H,54,55,59)/t31-,32+,33-,34-,48?/m0/s1. The topological polar surface area (TPSA) is 138 Å². The molecule has 340 valence electrons. The molecule has 5 atom stereocenters. The maximum absolute atomic E-state index is 16.2. The van der Waals surface area contributed by atoms with E-state index in [1.807, 2.05) is 36.4 Å². The van der Waals surface area contributed by atoms with Gasteiger partial charge in [-0.3, -0.25) is 9.80 Å². The molecule has 2 aliphatic rings. The Bertz CT molecular complexity index is 2570. The lowest BCUT2D eigenvalue weighted by Gasteiger charge is -2.47. The van der Waals surface area contributed by atoms with Gasteiger partial charge < -0.3 is 31.1 Å². The second-order valence-corrected chi connectivity index (χ2v) is 17.9. The van der Waals surface area contributed by atoms with Crippen LogP contribution in [0.4, 0.5) is 20.7 Å². The van der Waals surface area contributed by atoms with E-state index in [0.29, 0.717) is 85.5 Å². The Kier molecular flexibility index (Phi) is 14.5. The predicted octanol–water partition coefficient (Wildman–Crippen LogP) is 8.21. The molecule has 0 radical (unpaired) electrons. The smallest absolute Gasteiger partial charge is 0.227 e. The molecule has 65 heavy (non-hydrogen) atoms. The minimum Gasteiger partial charge on any atom is -0.508 e. The van der Waals surface area contributed by atoms with Crippen LogP contribution in [0.25, 0.3) is 22.5 Å². The van der Waals surface area contributed by atoms with E-state index in [4.69, 9.17) is 26.6 Å². The summed E-state index contributed by atoms with van der Waals surface area (Å²) in [6.07, 6.45) is 3.95. The zero-order valence-corrected chi connectivity index (χ0v) is 38.0. The van der Waals surface area contributed by atoms with Crippen LogP contribution in [0.15, 0.2) is 103 Å². The Hall–Kier alpha value is -5.77. The molecule has 6 aromatic rings. The van der Waals surface area contributed by atoms with Gasteiger partial charge in [0.2, 0.25) is 11.9 Å². The van der Waals surface area contributed by atoms with Crippen molar-refractivity contribution >= 4 is 23.5 Å². The maximum Gasteiger partial charge on any atom is 0.227 e. The van der Waals surface area contributed by atoms with Gasteiger partial charge in [0, 0.05) is 93.5 Å². The summed E-state index contributed by atoms with van der Waals surface area (Å²) in [6.45, 7) is 13.5. The molecule has 2 aliphatic heterocycles. The van der Waals surface area contributed by atoms with E-state index in [9.17, 15) is 10.2 Å². The largest absolute Gasteiger partial charge is 0.508 e. The fraction of sp³-hybridized carbons (Fsp3) is 0.360. The van der Waals surface area contributed by atoms with Gasteiger partial charge in [-0.1, -0.05) is 41.9 Å². The summed E-state index contributed by atoms with van der Waals surface area (Å²) in [5, 5.41) is 30.6. The molecule has 12 nitrogen and oxygen atoms in total. The summed E-state index contributed by atoms with van der Waals surface area (Å²) in [6, 6.07) is 27.0. The Morgan fingerprint density at radius 2 is 1.40 bits per heavy atom. The highest BCUT2D eigenvalue weighted by Gasteiger charge is 2.36. The first-order chi connectivity index (χ1) is 31.4. The Morgan fingerprint density at radius 3 is 2.17 bits per heavy atom. The summed E-state index contributed by atoms with van der Waals surface area (Å²) in [5.41, 5.74) is 5.28. The molecule has 2 fully saturated rings. The molecule has 5 N–H and O–H groups in total. The van der Waals surface area contributed by atoms with Crippen molar-refractivity contribution in [3.05, 3.63) is 142 Å². The van der Waals surface area contributed by atoms with Gasteiger partial charge in [-0.2, -0.15) is 0 Å². The van der Waals surface area contributed by atoms with Crippen LogP contribution in [-0.4, -0.2) is 103 Å². The van der Waals surface area contributed by atoms with Crippen molar-refractivity contribution in [2.45, 2.75) is 77.4 Å². The molecule has 8 rings (SSSR count). The number of aromatic nitrogens is 4. The predicted molar refractivity (Wildman–Crippen MR) is 253 cm³/mol. The Morgan fingerprint density at radius 1 is 0.738 bits per heavy atom. The van der Waals surface area contributed by atoms with E-state index < -0.39 is 12.0 Å². The normalized spacial score (nSPS) is 19.8. The van der Waals surface area contributed by atoms with Gasteiger partial charge in [-0.25, -0.2) is 28.7 Å². The molecule has 0 bridgehead atoms. The van der Waals surface area contributed by atoms with Gasteiger partial charge in [0.25, 0.3) is 0 Å². The molecule has 1 unspecified atom stereocenters. The van der Waals surface area contributed by atoms with E-state index in [0.717, 1.165) is 41.9 Å². The summed E-state index contributed by atoms with van der Waals surface area (Å²) in [7, 11) is 0. The van der Waals surface area contributed by atoms with Crippen molar-refractivity contribution in [2.24, 2.45) is 0 Å². The van der Waals surface area contributed by atoms with Gasteiger partial charge >= 0.3 is 0 Å². The Balaban J connectivity index is 1.16. The van der Waals surface area contributed by atoms with Gasteiger partial charge in [0.15, 0.2) is 0 Å². The maximum atomic E-state index is 16.2. The fourth-order valence-corrected chi connectivity index (χ4v) is 8.96. The second-order valence-electron chi connectivity index (χ2n) is 17.4. The number of halogens is 3. The van der Waals surface area contributed by atoms with Crippen molar-refractivity contribution in [3.63, 3.8) is 0 Å². The minimum absolute atomic E-state index is 0.0239. The number of rotatable bonds is 15. The number of nitrogens with zero attached hydrogens (tertiary/aromatic N) is 7. The number of phenols is 2. The SMILES string of the molecule is C[C@@H]1CN(C(c2ccc(F)c(-c3ccnc(NCCc4ccc(O)c(Cl)c4)n3)c2)N(CCc2ccc(O)cc2)c2nccc(-c3cc(CN4C[C@H](C)NC[C@@H]4C)ccc3F)n2)[C@@H](C)CN1. The number of anilines is 2. The van der Waals surface area contributed by atoms with Crippen LogP contribution in [0.3, 0.4) is 0 Å². The number of benzene rings is 4. The molecule has 4 aromatic carbocycles. The molecular weight excluding hydrogens is 846 g/mol. The van der Waals surface area contributed by atoms with E-state index in [-0.39, 0.29) is 34.4 Å². The Labute approximate surface area is 384 Å². The van der Waals surface area contributed by atoms with E-state index >= 15 is 8.78 Å². The molecule has 2 saturated heterocycles. The van der Waals surface area contributed by atoms with Crippen LogP contribution in [0.1, 0.15) is 56.1 Å². The minimum atomic E-state index is -0.495. The summed E-state index contributed by atoms with van der Waals surface area (Å²) in [4.78, 5) is 26.1. The first-order valence-corrected chi connectivity index (χ1v) is 22.7. The third kappa shape index (κ3) is 11.2. The number of nitrogens with one attached hydrogen (secondary N) is 3. The zero-order valence-electron chi connectivity index (χ0n) is 37.2. The van der Waals surface area contributed by atoms with Gasteiger partial charge in [-0.15, -0.1) is 0 Å². The molecule has 0 saturated carbocycles. The third-order valence-electron chi connectivity index (χ3n) is 12.4. The van der Waals surface area contributed by atoms with E-state index in [2.05, 4.69) is 63.3 Å². The average Bonchev–Trinajstić information content (AvgIpc) is 3.30. The third-order valence-corrected chi connectivity index (χ3v) is 12.7. The number of phenolic OH excluding ortho intramolecular Hbond substituents is 2. The van der Waals surface area contributed by atoms with Crippen molar-refractivity contribution < 1.29 is 19.0 Å². The summed E-state index contributed by atoms with van der Waals surface area (Å²) >= 11 is 6.12. The highest BCUT2D eigenvalue weighted by atomic mass is 35.5. The first-order valence-electron chi connectivity index (χ1n) is 22.4. The van der Waals surface area contributed by atoms with Crippen LogP contribution in [0.2, 0.25) is 5.02 Å². The molecule has 4 heterocycles. The first kappa shape index (κ1) is 45.8. The average molecular weight is 904 g/mol. The van der Waals surface area contributed by atoms with Crippen molar-refractivity contribution in [1.82, 2.24) is 40.4 Å².